The van der Waals surface area contributed by atoms with Crippen LogP contribution in [-0.4, -0.2) is 47.7 Å². The van der Waals surface area contributed by atoms with Gasteiger partial charge in [0, 0.05) is 18.6 Å². The van der Waals surface area contributed by atoms with E-state index in [4.69, 9.17) is 5.11 Å². The van der Waals surface area contributed by atoms with Crippen LogP contribution in [-0.2, 0) is 4.79 Å². The molecule has 0 aliphatic heterocycles. The van der Waals surface area contributed by atoms with Crippen molar-refractivity contribution in [1.29, 1.82) is 0 Å². The lowest BCUT2D eigenvalue weighted by molar-refractivity contribution is -0.139. The lowest BCUT2D eigenvalue weighted by Crippen LogP contribution is -2.54. The normalized spacial score (nSPS) is 21.9. The molecule has 4 nitrogen and oxygen atoms in total. The molecule has 23 heavy (non-hydrogen) atoms. The first-order chi connectivity index (χ1) is 11.1. The maximum atomic E-state index is 10.9. The molecular weight excluding hydrogens is 288 g/mol. The van der Waals surface area contributed by atoms with E-state index in [0.29, 0.717) is 18.0 Å². The van der Waals surface area contributed by atoms with Gasteiger partial charge in [-0.2, -0.15) is 0 Å². The fraction of sp³-hybridized carbons (Fsp3) is 0.632. The highest BCUT2D eigenvalue weighted by atomic mass is 16.4. The molecule has 0 heterocycles. The number of likely N-dealkylation sites (N-methyl/N-ethyl adjacent to an activating group) is 1. The highest BCUT2D eigenvalue weighted by molar-refractivity contribution is 5.69. The van der Waals surface area contributed by atoms with Gasteiger partial charge in [0.15, 0.2) is 0 Å². The van der Waals surface area contributed by atoms with Crippen LogP contribution >= 0.6 is 0 Å². The third kappa shape index (κ3) is 5.33. The first kappa shape index (κ1) is 18.0. The smallest absolute Gasteiger partial charge is 0.317 e. The molecule has 0 aromatic heterocycles. The second-order valence-corrected chi connectivity index (χ2v) is 6.58. The van der Waals surface area contributed by atoms with E-state index in [2.05, 4.69) is 47.5 Å². The van der Waals surface area contributed by atoms with E-state index >= 15 is 0 Å². The van der Waals surface area contributed by atoms with Gasteiger partial charge < -0.3 is 10.4 Å². The van der Waals surface area contributed by atoms with E-state index in [9.17, 15) is 4.79 Å². The minimum absolute atomic E-state index is 0.163. The molecule has 0 spiro atoms. The van der Waals surface area contributed by atoms with Gasteiger partial charge in [0.1, 0.15) is 0 Å². The Morgan fingerprint density at radius 3 is 2.57 bits per heavy atom. The summed E-state index contributed by atoms with van der Waals surface area (Å²) in [6.07, 6.45) is 4.52. The average molecular weight is 318 g/mol. The van der Waals surface area contributed by atoms with Crippen molar-refractivity contribution in [2.75, 3.05) is 19.6 Å². The largest absolute Gasteiger partial charge is 0.480 e. The number of aliphatic carboxylic acids is 1. The van der Waals surface area contributed by atoms with E-state index < -0.39 is 5.97 Å². The summed E-state index contributed by atoms with van der Waals surface area (Å²) in [5.41, 5.74) is 1.42. The number of benzene rings is 1. The quantitative estimate of drug-likeness (QED) is 0.696. The van der Waals surface area contributed by atoms with Gasteiger partial charge in [-0.25, -0.2) is 0 Å². The van der Waals surface area contributed by atoms with Crippen LogP contribution in [0.4, 0.5) is 0 Å². The Kier molecular flexibility index (Phi) is 7.06. The SMILES string of the molecule is CCCC(CNC1CC(N(CC)CC(=O)O)C1)c1ccccc1. The van der Waals surface area contributed by atoms with Crippen LogP contribution in [0.5, 0.6) is 0 Å². The average Bonchev–Trinajstić information content (AvgIpc) is 2.51. The minimum Gasteiger partial charge on any atom is -0.480 e. The number of carboxylic acids is 1. The van der Waals surface area contributed by atoms with Crippen molar-refractivity contribution in [2.45, 2.75) is 57.5 Å². The third-order valence-electron chi connectivity index (χ3n) is 4.94. The number of hydrogen-bond donors (Lipinski definition) is 2. The molecule has 4 heteroatoms. The molecule has 0 saturated heterocycles. The predicted molar refractivity (Wildman–Crippen MR) is 93.8 cm³/mol. The highest BCUT2D eigenvalue weighted by Gasteiger charge is 2.33. The van der Waals surface area contributed by atoms with Gasteiger partial charge in [0.2, 0.25) is 0 Å². The molecule has 1 aromatic carbocycles. The van der Waals surface area contributed by atoms with Crippen molar-refractivity contribution in [3.05, 3.63) is 35.9 Å². The second kappa shape index (κ2) is 9.04. The van der Waals surface area contributed by atoms with E-state index in [-0.39, 0.29) is 6.54 Å². The summed E-state index contributed by atoms with van der Waals surface area (Å²) in [6, 6.07) is 11.7. The molecule has 1 fully saturated rings. The first-order valence-corrected chi connectivity index (χ1v) is 8.88. The molecule has 0 bridgehead atoms. The summed E-state index contributed by atoms with van der Waals surface area (Å²) in [6.45, 7) is 6.26. The standard InChI is InChI=1S/C19H30N2O2/c1-3-8-16(15-9-6-5-7-10-15)13-20-17-11-18(12-17)21(4-2)14-19(22)23/h5-7,9-10,16-18,20H,3-4,8,11-14H2,1-2H3,(H,22,23). The lowest BCUT2D eigenvalue weighted by atomic mass is 9.84. The maximum Gasteiger partial charge on any atom is 0.317 e. The zero-order valence-corrected chi connectivity index (χ0v) is 14.4. The van der Waals surface area contributed by atoms with Gasteiger partial charge in [-0.1, -0.05) is 50.6 Å². The van der Waals surface area contributed by atoms with E-state index in [1.165, 1.54) is 18.4 Å². The Morgan fingerprint density at radius 1 is 1.30 bits per heavy atom. The Bertz CT molecular complexity index is 472. The fourth-order valence-corrected chi connectivity index (χ4v) is 3.49. The molecule has 1 unspecified atom stereocenters. The van der Waals surface area contributed by atoms with Gasteiger partial charge in [-0.3, -0.25) is 9.69 Å². The van der Waals surface area contributed by atoms with Crippen molar-refractivity contribution >= 4 is 5.97 Å². The van der Waals surface area contributed by atoms with Gasteiger partial charge in [-0.05, 0) is 37.3 Å². The van der Waals surface area contributed by atoms with E-state index in [1.54, 1.807) is 0 Å². The third-order valence-corrected chi connectivity index (χ3v) is 4.94. The van der Waals surface area contributed by atoms with Crippen LogP contribution in [0.3, 0.4) is 0 Å². The topological polar surface area (TPSA) is 52.6 Å². The summed E-state index contributed by atoms with van der Waals surface area (Å²) in [5.74, 6) is -0.156. The molecule has 1 aliphatic carbocycles. The van der Waals surface area contributed by atoms with Gasteiger partial charge in [-0.15, -0.1) is 0 Å². The number of nitrogens with one attached hydrogen (secondary N) is 1. The first-order valence-electron chi connectivity index (χ1n) is 8.88. The Hall–Kier alpha value is -1.39. The van der Waals surface area contributed by atoms with Crippen molar-refractivity contribution in [1.82, 2.24) is 10.2 Å². The Morgan fingerprint density at radius 2 is 2.00 bits per heavy atom. The monoisotopic (exact) mass is 318 g/mol. The fourth-order valence-electron chi connectivity index (χ4n) is 3.49. The second-order valence-electron chi connectivity index (χ2n) is 6.58. The minimum atomic E-state index is -0.727. The lowest BCUT2D eigenvalue weighted by Gasteiger charge is -2.43. The van der Waals surface area contributed by atoms with Gasteiger partial charge >= 0.3 is 5.97 Å². The van der Waals surface area contributed by atoms with Crippen molar-refractivity contribution in [2.24, 2.45) is 0 Å². The van der Waals surface area contributed by atoms with Crippen molar-refractivity contribution in [3.63, 3.8) is 0 Å². The summed E-state index contributed by atoms with van der Waals surface area (Å²) in [5, 5.41) is 12.6. The molecule has 0 amide bonds. The molecular formula is C19H30N2O2. The molecule has 128 valence electrons. The van der Waals surface area contributed by atoms with E-state index in [0.717, 1.165) is 25.9 Å². The van der Waals surface area contributed by atoms with Crippen molar-refractivity contribution < 1.29 is 9.90 Å². The number of rotatable bonds is 10. The van der Waals surface area contributed by atoms with E-state index in [1.807, 2.05) is 6.92 Å². The van der Waals surface area contributed by atoms with Crippen molar-refractivity contribution in [3.8, 4) is 0 Å². The van der Waals surface area contributed by atoms with Gasteiger partial charge in [0.25, 0.3) is 0 Å². The highest BCUT2D eigenvalue weighted by Crippen LogP contribution is 2.27. The number of carbonyl (C=O) groups is 1. The number of carboxylic acid groups (broad SMARTS) is 1. The Balaban J connectivity index is 1.77. The molecule has 1 atom stereocenters. The molecule has 1 aliphatic rings. The molecule has 2 N–H and O–H groups in total. The molecule has 2 rings (SSSR count). The van der Waals surface area contributed by atoms with Crippen LogP contribution in [0.15, 0.2) is 30.3 Å². The zero-order valence-electron chi connectivity index (χ0n) is 14.4. The van der Waals surface area contributed by atoms with Gasteiger partial charge in [0.05, 0.1) is 6.54 Å². The number of nitrogens with zero attached hydrogens (tertiary/aromatic N) is 1. The summed E-state index contributed by atoms with van der Waals surface area (Å²) < 4.78 is 0. The Labute approximate surface area is 139 Å². The summed E-state index contributed by atoms with van der Waals surface area (Å²) >= 11 is 0. The van der Waals surface area contributed by atoms with Crippen LogP contribution in [0.1, 0.15) is 51.0 Å². The van der Waals surface area contributed by atoms with Crippen LogP contribution in [0.2, 0.25) is 0 Å². The summed E-state index contributed by atoms with van der Waals surface area (Å²) in [4.78, 5) is 13.0. The van der Waals surface area contributed by atoms with Crippen LogP contribution < -0.4 is 5.32 Å². The summed E-state index contributed by atoms with van der Waals surface area (Å²) in [7, 11) is 0. The zero-order chi connectivity index (χ0) is 16.7. The van der Waals surface area contributed by atoms with Crippen LogP contribution in [0, 0.1) is 0 Å². The maximum absolute atomic E-state index is 10.9. The molecule has 1 aromatic rings. The predicted octanol–water partition coefficient (Wildman–Crippen LogP) is 3.10. The molecule has 0 radical (unpaired) electrons. The van der Waals surface area contributed by atoms with Crippen LogP contribution in [0.25, 0.3) is 0 Å². The molecule has 1 saturated carbocycles. The number of hydrogen-bond acceptors (Lipinski definition) is 3.